The summed E-state index contributed by atoms with van der Waals surface area (Å²) in [7, 11) is 3.73. The van der Waals surface area contributed by atoms with E-state index in [1.807, 2.05) is 14.2 Å². The van der Waals surface area contributed by atoms with E-state index in [0.29, 0.717) is 17.6 Å². The molecule has 0 heterocycles. The zero-order valence-electron chi connectivity index (χ0n) is 13.3. The molecule has 0 spiro atoms. The largest absolute Gasteiger partial charge is 0.381 e. The van der Waals surface area contributed by atoms with Crippen LogP contribution in [0.25, 0.3) is 0 Å². The molecule has 2 fully saturated rings. The summed E-state index contributed by atoms with van der Waals surface area (Å²) in [4.78, 5) is 0. The first-order valence-electron chi connectivity index (χ1n) is 8.13. The molecule has 0 aliphatic heterocycles. The Kier molecular flexibility index (Phi) is 5.30. The van der Waals surface area contributed by atoms with Crippen molar-refractivity contribution in [1.82, 2.24) is 0 Å². The molecule has 2 rings (SSSR count). The number of ether oxygens (including phenoxy) is 2. The van der Waals surface area contributed by atoms with Crippen LogP contribution in [0.3, 0.4) is 0 Å². The lowest BCUT2D eigenvalue weighted by atomic mass is 9.60. The lowest BCUT2D eigenvalue weighted by Crippen LogP contribution is -2.38. The molecule has 0 unspecified atom stereocenters. The van der Waals surface area contributed by atoms with Crippen molar-refractivity contribution in [1.29, 1.82) is 0 Å². The van der Waals surface area contributed by atoms with Crippen LogP contribution in [0.2, 0.25) is 0 Å². The summed E-state index contributed by atoms with van der Waals surface area (Å²) in [5, 5.41) is 0. The van der Waals surface area contributed by atoms with E-state index < -0.39 is 0 Å². The zero-order chi connectivity index (χ0) is 13.9. The van der Waals surface area contributed by atoms with Gasteiger partial charge in [0.05, 0.1) is 12.2 Å². The van der Waals surface area contributed by atoms with Gasteiger partial charge in [-0.15, -0.1) is 0 Å². The Morgan fingerprint density at radius 1 is 0.632 bits per heavy atom. The first kappa shape index (κ1) is 15.3. The van der Waals surface area contributed by atoms with Crippen molar-refractivity contribution >= 4 is 0 Å². The van der Waals surface area contributed by atoms with Crippen LogP contribution in [0.5, 0.6) is 0 Å². The smallest absolute Gasteiger partial charge is 0.0571 e. The molecule has 2 aliphatic carbocycles. The van der Waals surface area contributed by atoms with Gasteiger partial charge < -0.3 is 9.47 Å². The van der Waals surface area contributed by atoms with Gasteiger partial charge in [-0.3, -0.25) is 0 Å². The first-order valence-corrected chi connectivity index (χ1v) is 8.13. The van der Waals surface area contributed by atoms with Crippen LogP contribution < -0.4 is 0 Å². The predicted molar refractivity (Wildman–Crippen MR) is 79.3 cm³/mol. The van der Waals surface area contributed by atoms with Crippen LogP contribution >= 0.6 is 0 Å². The average Bonchev–Trinajstić information content (AvgIpc) is 2.47. The van der Waals surface area contributed by atoms with E-state index >= 15 is 0 Å². The summed E-state index contributed by atoms with van der Waals surface area (Å²) >= 11 is 0. The molecule has 0 bridgehead atoms. The molecule has 0 radical (unpaired) electrons. The molecule has 0 aromatic heterocycles. The van der Waals surface area contributed by atoms with Crippen LogP contribution in [-0.2, 0) is 9.47 Å². The van der Waals surface area contributed by atoms with Crippen molar-refractivity contribution in [2.24, 2.45) is 17.3 Å². The molecule has 19 heavy (non-hydrogen) atoms. The highest BCUT2D eigenvalue weighted by Gasteiger charge is 2.40. The summed E-state index contributed by atoms with van der Waals surface area (Å²) in [5.74, 6) is 1.78. The number of hydrogen-bond donors (Lipinski definition) is 0. The van der Waals surface area contributed by atoms with Crippen molar-refractivity contribution in [3.63, 3.8) is 0 Å². The molecule has 0 saturated heterocycles. The maximum atomic E-state index is 5.51. The topological polar surface area (TPSA) is 18.5 Å². The van der Waals surface area contributed by atoms with Crippen LogP contribution in [0.15, 0.2) is 0 Å². The van der Waals surface area contributed by atoms with Gasteiger partial charge in [0.15, 0.2) is 0 Å². The Hall–Kier alpha value is -0.0800. The van der Waals surface area contributed by atoms with Crippen molar-refractivity contribution in [3.8, 4) is 0 Å². The van der Waals surface area contributed by atoms with Gasteiger partial charge in [-0.1, -0.05) is 13.8 Å². The third-order valence-electron chi connectivity index (χ3n) is 6.12. The third-order valence-corrected chi connectivity index (χ3v) is 6.12. The average molecular weight is 268 g/mol. The summed E-state index contributed by atoms with van der Waals surface area (Å²) in [6.07, 6.45) is 11.5. The highest BCUT2D eigenvalue weighted by atomic mass is 16.5. The van der Waals surface area contributed by atoms with E-state index in [-0.39, 0.29) is 0 Å². The Morgan fingerprint density at radius 2 is 0.947 bits per heavy atom. The van der Waals surface area contributed by atoms with Crippen molar-refractivity contribution in [2.45, 2.75) is 77.4 Å². The lowest BCUT2D eigenvalue weighted by molar-refractivity contribution is -0.0167. The van der Waals surface area contributed by atoms with Gasteiger partial charge in [0, 0.05) is 14.2 Å². The number of methoxy groups -OCH3 is 2. The van der Waals surface area contributed by atoms with E-state index in [4.69, 9.17) is 9.47 Å². The molecule has 0 atom stereocenters. The monoisotopic (exact) mass is 268 g/mol. The molecule has 2 saturated carbocycles. The maximum Gasteiger partial charge on any atom is 0.0571 e. The molecular formula is C17H32O2. The van der Waals surface area contributed by atoms with E-state index in [2.05, 4.69) is 13.8 Å². The van der Waals surface area contributed by atoms with Crippen molar-refractivity contribution in [3.05, 3.63) is 0 Å². The van der Waals surface area contributed by atoms with Crippen LogP contribution in [0.1, 0.15) is 65.2 Å². The van der Waals surface area contributed by atoms with Gasteiger partial charge >= 0.3 is 0 Å². The van der Waals surface area contributed by atoms with Gasteiger partial charge in [0.25, 0.3) is 0 Å². The number of hydrogen-bond acceptors (Lipinski definition) is 2. The molecular weight excluding hydrogens is 236 g/mol. The molecule has 0 amide bonds. The highest BCUT2D eigenvalue weighted by Crippen LogP contribution is 2.48. The second-order valence-corrected chi connectivity index (χ2v) is 7.24. The summed E-state index contributed by atoms with van der Waals surface area (Å²) in [5.41, 5.74) is 0.497. The van der Waals surface area contributed by atoms with Gasteiger partial charge in [-0.05, 0) is 68.6 Å². The van der Waals surface area contributed by atoms with Gasteiger partial charge in [-0.2, -0.15) is 0 Å². The summed E-state index contributed by atoms with van der Waals surface area (Å²) < 4.78 is 11.0. The predicted octanol–water partition coefficient (Wildman–Crippen LogP) is 4.42. The summed E-state index contributed by atoms with van der Waals surface area (Å²) in [6, 6.07) is 0. The first-order chi connectivity index (χ1) is 9.07. The number of rotatable bonds is 4. The van der Waals surface area contributed by atoms with Crippen LogP contribution in [-0.4, -0.2) is 26.4 Å². The fourth-order valence-corrected chi connectivity index (χ4v) is 4.42. The molecule has 112 valence electrons. The fraction of sp³-hybridized carbons (Fsp3) is 1.00. The van der Waals surface area contributed by atoms with Crippen molar-refractivity contribution < 1.29 is 9.47 Å². The highest BCUT2D eigenvalue weighted by molar-refractivity contribution is 4.90. The lowest BCUT2D eigenvalue weighted by Gasteiger charge is -2.46. The Balaban J connectivity index is 1.88. The third kappa shape index (κ3) is 3.52. The van der Waals surface area contributed by atoms with E-state index in [1.54, 1.807) is 0 Å². The molecule has 2 aliphatic rings. The van der Waals surface area contributed by atoms with Gasteiger partial charge in [0.1, 0.15) is 0 Å². The minimum absolute atomic E-state index is 0.497. The fourth-order valence-electron chi connectivity index (χ4n) is 4.42. The molecule has 0 aromatic rings. The standard InChI is InChI=1S/C17H32O2/c1-17(2,13-5-9-15(18-3)10-6-13)14-7-11-16(19-4)12-8-14/h13-16H,5-12H2,1-4H3. The second kappa shape index (κ2) is 6.58. The Labute approximate surface area is 119 Å². The summed E-state index contributed by atoms with van der Waals surface area (Å²) in [6.45, 7) is 5.03. The zero-order valence-corrected chi connectivity index (χ0v) is 13.3. The molecule has 2 heteroatoms. The van der Waals surface area contributed by atoms with E-state index in [9.17, 15) is 0 Å². The quantitative estimate of drug-likeness (QED) is 0.751. The molecule has 0 aromatic carbocycles. The van der Waals surface area contributed by atoms with E-state index in [0.717, 1.165) is 11.8 Å². The van der Waals surface area contributed by atoms with Crippen molar-refractivity contribution in [2.75, 3.05) is 14.2 Å². The van der Waals surface area contributed by atoms with E-state index in [1.165, 1.54) is 51.4 Å². The van der Waals surface area contributed by atoms with Gasteiger partial charge in [0.2, 0.25) is 0 Å². The minimum Gasteiger partial charge on any atom is -0.381 e. The van der Waals surface area contributed by atoms with Gasteiger partial charge in [-0.25, -0.2) is 0 Å². The van der Waals surface area contributed by atoms with Crippen LogP contribution in [0.4, 0.5) is 0 Å². The Morgan fingerprint density at radius 3 is 1.21 bits per heavy atom. The molecule has 0 N–H and O–H groups in total. The second-order valence-electron chi connectivity index (χ2n) is 7.24. The van der Waals surface area contributed by atoms with Crippen LogP contribution in [0, 0.1) is 17.3 Å². The minimum atomic E-state index is 0.497. The molecule has 2 nitrogen and oxygen atoms in total. The normalized spacial score (nSPS) is 37.3. The Bertz CT molecular complexity index is 232. The maximum absolute atomic E-state index is 5.51. The SMILES string of the molecule is COC1CCC(C(C)(C)C2CCC(OC)CC2)CC1.